The van der Waals surface area contributed by atoms with E-state index in [2.05, 4.69) is 48.7 Å². The highest BCUT2D eigenvalue weighted by Crippen LogP contribution is 2.14. The summed E-state index contributed by atoms with van der Waals surface area (Å²) >= 11 is 1.45. The molecule has 2 rings (SSSR count). The van der Waals surface area contributed by atoms with Crippen molar-refractivity contribution in [3.05, 3.63) is 57.8 Å². The van der Waals surface area contributed by atoms with Gasteiger partial charge in [0.25, 0.3) is 11.8 Å². The van der Waals surface area contributed by atoms with Crippen LogP contribution in [0, 0.1) is 0 Å². The highest BCUT2D eigenvalue weighted by Gasteiger charge is 2.09. The van der Waals surface area contributed by atoms with Crippen LogP contribution in [-0.2, 0) is 20.7 Å². The molecule has 1 aromatic heterocycles. The number of hydrogen-bond acceptors (Lipinski definition) is 5. The molecule has 0 aliphatic heterocycles. The number of benzene rings is 1. The van der Waals surface area contributed by atoms with Gasteiger partial charge in [0, 0.05) is 30.5 Å². The molecule has 2 amide bonds. The number of esters is 1. The van der Waals surface area contributed by atoms with Gasteiger partial charge in [-0.2, -0.15) is 11.3 Å². The van der Waals surface area contributed by atoms with Gasteiger partial charge in [0.2, 0.25) is 0 Å². The maximum absolute atomic E-state index is 11.8. The monoisotopic (exact) mass is 416 g/mol. The lowest BCUT2D eigenvalue weighted by molar-refractivity contribution is -0.148. The van der Waals surface area contributed by atoms with Crippen molar-refractivity contribution in [3.63, 3.8) is 0 Å². The van der Waals surface area contributed by atoms with E-state index in [0.29, 0.717) is 31.0 Å². The third-order valence-corrected chi connectivity index (χ3v) is 5.06. The summed E-state index contributed by atoms with van der Waals surface area (Å²) < 4.78 is 4.97. The normalized spacial score (nSPS) is 10.6. The molecule has 0 saturated carbocycles. The Morgan fingerprint density at radius 1 is 1.03 bits per heavy atom. The number of ether oxygens (including phenoxy) is 1. The summed E-state index contributed by atoms with van der Waals surface area (Å²) in [6, 6.07) is 10.1. The number of hydrogen-bond donors (Lipinski definition) is 2. The maximum atomic E-state index is 11.8. The number of rotatable bonds is 11. The topological polar surface area (TPSA) is 84.5 Å². The van der Waals surface area contributed by atoms with Crippen molar-refractivity contribution in [2.45, 2.75) is 39.0 Å². The van der Waals surface area contributed by atoms with E-state index in [-0.39, 0.29) is 24.8 Å². The Morgan fingerprint density at radius 2 is 1.79 bits per heavy atom. The molecule has 1 heterocycles. The van der Waals surface area contributed by atoms with Gasteiger partial charge in [-0.3, -0.25) is 14.4 Å². The summed E-state index contributed by atoms with van der Waals surface area (Å²) in [7, 11) is 0. The lowest BCUT2D eigenvalue weighted by Crippen LogP contribution is -2.30. The minimum absolute atomic E-state index is 0.152. The quantitative estimate of drug-likeness (QED) is 0.435. The van der Waals surface area contributed by atoms with E-state index in [4.69, 9.17) is 4.74 Å². The molecule has 7 heteroatoms. The van der Waals surface area contributed by atoms with Crippen molar-refractivity contribution in [2.24, 2.45) is 0 Å². The van der Waals surface area contributed by atoms with Crippen molar-refractivity contribution in [2.75, 3.05) is 19.7 Å². The highest BCUT2D eigenvalue weighted by molar-refractivity contribution is 7.08. The summed E-state index contributed by atoms with van der Waals surface area (Å²) in [6.07, 6.45) is 1.34. The first-order chi connectivity index (χ1) is 14.0. The zero-order valence-electron chi connectivity index (χ0n) is 16.9. The second kappa shape index (κ2) is 12.0. The van der Waals surface area contributed by atoms with Crippen LogP contribution in [0.25, 0.3) is 0 Å². The van der Waals surface area contributed by atoms with Crippen molar-refractivity contribution in [3.8, 4) is 0 Å². The maximum Gasteiger partial charge on any atom is 0.306 e. The number of carbonyl (C=O) groups excluding carboxylic acids is 3. The number of carbonyl (C=O) groups is 3. The Kier molecular flexibility index (Phi) is 9.37. The second-order valence-electron chi connectivity index (χ2n) is 7.03. The summed E-state index contributed by atoms with van der Waals surface area (Å²) in [6.45, 7) is 4.89. The summed E-state index contributed by atoms with van der Waals surface area (Å²) in [5.41, 5.74) is 3.05. The van der Waals surface area contributed by atoms with Crippen molar-refractivity contribution in [1.29, 1.82) is 0 Å². The van der Waals surface area contributed by atoms with Crippen molar-refractivity contribution in [1.82, 2.24) is 10.6 Å². The van der Waals surface area contributed by atoms with E-state index in [1.165, 1.54) is 16.9 Å². The predicted octanol–water partition coefficient (Wildman–Crippen LogP) is 3.28. The Labute approximate surface area is 175 Å². The Balaban J connectivity index is 1.53. The lowest BCUT2D eigenvalue weighted by Gasteiger charge is -2.09. The van der Waals surface area contributed by atoms with Crippen LogP contribution in [0.15, 0.2) is 41.1 Å². The van der Waals surface area contributed by atoms with Gasteiger partial charge in [-0.1, -0.05) is 38.1 Å². The number of amides is 2. The molecule has 0 saturated heterocycles. The lowest BCUT2D eigenvalue weighted by atomic mass is 10.0. The van der Waals surface area contributed by atoms with E-state index in [1.807, 2.05) is 5.38 Å². The van der Waals surface area contributed by atoms with Crippen LogP contribution >= 0.6 is 11.3 Å². The molecular weight excluding hydrogens is 388 g/mol. The summed E-state index contributed by atoms with van der Waals surface area (Å²) in [5, 5.41) is 9.09. The number of thiophene rings is 1. The van der Waals surface area contributed by atoms with Crippen LogP contribution in [-0.4, -0.2) is 37.5 Å². The Morgan fingerprint density at radius 3 is 2.45 bits per heavy atom. The largest absolute Gasteiger partial charge is 0.456 e. The minimum atomic E-state index is -0.450. The Hall–Kier alpha value is -2.67. The molecule has 0 aliphatic carbocycles. The molecule has 1 aromatic carbocycles. The molecular formula is C22H28N2O4S. The molecule has 0 bridgehead atoms. The fraction of sp³-hybridized carbons (Fsp3) is 0.409. The average molecular weight is 417 g/mol. The van der Waals surface area contributed by atoms with Gasteiger partial charge in [0.15, 0.2) is 6.61 Å². The predicted molar refractivity (Wildman–Crippen MR) is 114 cm³/mol. The van der Waals surface area contributed by atoms with Gasteiger partial charge in [-0.25, -0.2) is 0 Å². The molecule has 0 spiro atoms. The zero-order valence-corrected chi connectivity index (χ0v) is 17.7. The van der Waals surface area contributed by atoms with E-state index in [0.717, 1.165) is 12.0 Å². The molecule has 156 valence electrons. The molecule has 0 unspecified atom stereocenters. The smallest absolute Gasteiger partial charge is 0.306 e. The first-order valence-corrected chi connectivity index (χ1v) is 10.7. The van der Waals surface area contributed by atoms with Gasteiger partial charge >= 0.3 is 5.97 Å². The van der Waals surface area contributed by atoms with Crippen LogP contribution in [0.1, 0.15) is 54.1 Å². The molecule has 0 fully saturated rings. The summed E-state index contributed by atoms with van der Waals surface area (Å²) in [4.78, 5) is 35.2. The molecule has 0 radical (unpaired) electrons. The minimum Gasteiger partial charge on any atom is -0.456 e. The van der Waals surface area contributed by atoms with Crippen molar-refractivity contribution < 1.29 is 19.1 Å². The fourth-order valence-corrected chi connectivity index (χ4v) is 3.25. The highest BCUT2D eigenvalue weighted by atomic mass is 32.1. The summed E-state index contributed by atoms with van der Waals surface area (Å²) in [5.74, 6) is -0.425. The first-order valence-electron chi connectivity index (χ1n) is 9.77. The van der Waals surface area contributed by atoms with Crippen LogP contribution in [0.4, 0.5) is 0 Å². The van der Waals surface area contributed by atoms with Crippen LogP contribution < -0.4 is 10.6 Å². The molecule has 6 nitrogen and oxygen atoms in total. The van der Waals surface area contributed by atoms with E-state index in [1.54, 1.807) is 11.4 Å². The second-order valence-corrected chi connectivity index (χ2v) is 7.81. The van der Waals surface area contributed by atoms with Crippen LogP contribution in [0.2, 0.25) is 0 Å². The SMILES string of the molecule is CC(C)c1ccc(CCNC(=O)COC(=O)CCCNC(=O)c2ccsc2)cc1. The van der Waals surface area contributed by atoms with Gasteiger partial charge in [0.05, 0.1) is 0 Å². The van der Waals surface area contributed by atoms with Gasteiger partial charge in [0.1, 0.15) is 0 Å². The zero-order chi connectivity index (χ0) is 21.1. The average Bonchev–Trinajstić information content (AvgIpc) is 3.25. The van der Waals surface area contributed by atoms with Gasteiger partial charge in [-0.15, -0.1) is 0 Å². The fourth-order valence-electron chi connectivity index (χ4n) is 2.62. The van der Waals surface area contributed by atoms with Crippen molar-refractivity contribution >= 4 is 29.1 Å². The molecule has 0 atom stereocenters. The Bertz CT molecular complexity index is 786. The number of nitrogens with one attached hydrogen (secondary N) is 2. The van der Waals surface area contributed by atoms with Gasteiger partial charge in [-0.05, 0) is 41.3 Å². The standard InChI is InChI=1S/C22H28N2O4S/c1-16(2)18-7-5-17(6-8-18)9-12-23-20(25)14-28-21(26)4-3-11-24-22(27)19-10-13-29-15-19/h5-8,10,13,15-16H,3-4,9,11-12,14H2,1-2H3,(H,23,25)(H,24,27). The molecule has 2 N–H and O–H groups in total. The van der Waals surface area contributed by atoms with Gasteiger partial charge < -0.3 is 15.4 Å². The third-order valence-electron chi connectivity index (χ3n) is 4.37. The third kappa shape index (κ3) is 8.48. The molecule has 29 heavy (non-hydrogen) atoms. The molecule has 0 aliphatic rings. The van der Waals surface area contributed by atoms with E-state index < -0.39 is 5.97 Å². The van der Waals surface area contributed by atoms with E-state index >= 15 is 0 Å². The van der Waals surface area contributed by atoms with Crippen LogP contribution in [0.3, 0.4) is 0 Å². The van der Waals surface area contributed by atoms with E-state index in [9.17, 15) is 14.4 Å². The first kappa shape index (κ1) is 22.6. The molecule has 2 aromatic rings. The van der Waals surface area contributed by atoms with Crippen LogP contribution in [0.5, 0.6) is 0 Å².